The first-order chi connectivity index (χ1) is 10.5. The molecule has 1 aromatic carbocycles. The Kier molecular flexibility index (Phi) is 3.69. The van der Waals surface area contributed by atoms with E-state index in [2.05, 4.69) is 15.4 Å². The van der Waals surface area contributed by atoms with E-state index in [1.54, 1.807) is 0 Å². The molecule has 0 spiro atoms. The fourth-order valence-electron chi connectivity index (χ4n) is 2.59. The molecule has 1 N–H and O–H groups in total. The third-order valence-electron chi connectivity index (χ3n) is 3.84. The van der Waals surface area contributed by atoms with Crippen LogP contribution in [-0.2, 0) is 9.84 Å². The zero-order valence-corrected chi connectivity index (χ0v) is 12.9. The van der Waals surface area contributed by atoms with Gasteiger partial charge in [-0.3, -0.25) is 4.79 Å². The van der Waals surface area contributed by atoms with E-state index in [0.717, 1.165) is 5.56 Å². The van der Waals surface area contributed by atoms with Gasteiger partial charge in [0, 0.05) is 24.9 Å². The molecule has 1 aliphatic rings. The highest BCUT2D eigenvalue weighted by molar-refractivity contribution is 7.91. The molecule has 1 saturated heterocycles. The minimum Gasteiger partial charge on any atom is -0.336 e. The van der Waals surface area contributed by atoms with Crippen molar-refractivity contribution in [1.29, 1.82) is 0 Å². The van der Waals surface area contributed by atoms with Crippen molar-refractivity contribution in [2.45, 2.75) is 11.7 Å². The quantitative estimate of drug-likeness (QED) is 0.899. The first-order valence-electron chi connectivity index (χ1n) is 6.91. The normalized spacial score (nSPS) is 18.6. The summed E-state index contributed by atoms with van der Waals surface area (Å²) in [5.41, 5.74) is 1.49. The van der Waals surface area contributed by atoms with Gasteiger partial charge in [-0.2, -0.15) is 15.4 Å². The number of aromatic nitrogens is 3. The Morgan fingerprint density at radius 2 is 2.00 bits per heavy atom. The molecule has 0 bridgehead atoms. The zero-order chi connectivity index (χ0) is 15.7. The summed E-state index contributed by atoms with van der Waals surface area (Å²) in [7, 11) is -3.14. The molecule has 2 heterocycles. The van der Waals surface area contributed by atoms with Gasteiger partial charge in [-0.05, 0) is 6.42 Å². The molecule has 1 aliphatic heterocycles. The lowest BCUT2D eigenvalue weighted by Crippen LogP contribution is -2.32. The highest BCUT2D eigenvalue weighted by atomic mass is 32.2. The van der Waals surface area contributed by atoms with Crippen LogP contribution in [-0.4, -0.2) is 59.2 Å². The molecule has 1 unspecified atom stereocenters. The lowest BCUT2D eigenvalue weighted by molar-refractivity contribution is 0.0788. The van der Waals surface area contributed by atoms with Crippen LogP contribution in [0, 0.1) is 0 Å². The third-order valence-corrected chi connectivity index (χ3v) is 5.43. The molecule has 22 heavy (non-hydrogen) atoms. The number of sulfone groups is 1. The summed E-state index contributed by atoms with van der Waals surface area (Å²) in [6, 6.07) is 9.28. The Hall–Kier alpha value is -2.22. The van der Waals surface area contributed by atoms with Crippen molar-refractivity contribution in [2.24, 2.45) is 0 Å². The molecule has 1 amide bonds. The monoisotopic (exact) mass is 320 g/mol. The van der Waals surface area contributed by atoms with E-state index in [0.29, 0.717) is 18.7 Å². The number of rotatable bonds is 3. The van der Waals surface area contributed by atoms with E-state index in [4.69, 9.17) is 0 Å². The van der Waals surface area contributed by atoms with Gasteiger partial charge in [-0.15, -0.1) is 0 Å². The molecular formula is C14H16N4O3S. The number of carbonyl (C=O) groups is 1. The molecule has 1 aromatic heterocycles. The van der Waals surface area contributed by atoms with Gasteiger partial charge in [0.1, 0.15) is 5.69 Å². The average Bonchev–Trinajstić information content (AvgIpc) is 3.16. The lowest BCUT2D eigenvalue weighted by atomic mass is 10.1. The van der Waals surface area contributed by atoms with Crippen LogP contribution in [0.4, 0.5) is 0 Å². The predicted octanol–water partition coefficient (Wildman–Crippen LogP) is 0.731. The maximum absolute atomic E-state index is 12.6. The van der Waals surface area contributed by atoms with Gasteiger partial charge >= 0.3 is 0 Å². The molecule has 8 heteroatoms. The van der Waals surface area contributed by atoms with Crippen molar-refractivity contribution >= 4 is 15.7 Å². The van der Waals surface area contributed by atoms with Gasteiger partial charge in [0.05, 0.1) is 5.25 Å². The molecule has 116 valence electrons. The van der Waals surface area contributed by atoms with Crippen molar-refractivity contribution in [3.8, 4) is 11.3 Å². The van der Waals surface area contributed by atoms with Gasteiger partial charge in [-0.1, -0.05) is 30.3 Å². The van der Waals surface area contributed by atoms with E-state index >= 15 is 0 Å². The van der Waals surface area contributed by atoms with Gasteiger partial charge < -0.3 is 4.90 Å². The van der Waals surface area contributed by atoms with Crippen LogP contribution in [0.2, 0.25) is 0 Å². The summed E-state index contributed by atoms with van der Waals surface area (Å²) in [4.78, 5) is 14.1. The highest BCUT2D eigenvalue weighted by Crippen LogP contribution is 2.23. The van der Waals surface area contributed by atoms with Crippen LogP contribution in [0.1, 0.15) is 16.9 Å². The van der Waals surface area contributed by atoms with Crippen LogP contribution in [0.25, 0.3) is 11.3 Å². The standard InChI is InChI=1S/C14H16N4O3S/c1-22(20,21)11-7-8-18(9-11)14(19)13-12(15-17-16-13)10-5-3-2-4-6-10/h2-6,11H,7-9H2,1H3,(H,15,16,17). The van der Waals surface area contributed by atoms with Crippen molar-refractivity contribution < 1.29 is 13.2 Å². The summed E-state index contributed by atoms with van der Waals surface area (Å²) in [5.74, 6) is -0.293. The SMILES string of the molecule is CS(=O)(=O)C1CCN(C(=O)c2n[nH]nc2-c2ccccc2)C1. The van der Waals surface area contributed by atoms with Gasteiger partial charge in [0.15, 0.2) is 15.5 Å². The number of H-pyrrole nitrogens is 1. The zero-order valence-electron chi connectivity index (χ0n) is 12.1. The number of amides is 1. The number of hydrogen-bond donors (Lipinski definition) is 1. The minimum absolute atomic E-state index is 0.207. The number of aromatic amines is 1. The van der Waals surface area contributed by atoms with Crippen LogP contribution in [0.5, 0.6) is 0 Å². The van der Waals surface area contributed by atoms with Crippen LogP contribution in [0.15, 0.2) is 30.3 Å². The largest absolute Gasteiger partial charge is 0.336 e. The summed E-state index contributed by atoms with van der Waals surface area (Å²) in [6.07, 6.45) is 1.67. The number of nitrogens with zero attached hydrogens (tertiary/aromatic N) is 3. The Balaban J connectivity index is 1.85. The summed E-state index contributed by atoms with van der Waals surface area (Å²) < 4.78 is 23.2. The maximum Gasteiger partial charge on any atom is 0.276 e. The number of nitrogens with one attached hydrogen (secondary N) is 1. The topological polar surface area (TPSA) is 96.0 Å². The minimum atomic E-state index is -3.14. The van der Waals surface area contributed by atoms with E-state index in [9.17, 15) is 13.2 Å². The van der Waals surface area contributed by atoms with E-state index < -0.39 is 15.1 Å². The molecule has 7 nitrogen and oxygen atoms in total. The second-order valence-electron chi connectivity index (χ2n) is 5.38. The molecular weight excluding hydrogens is 304 g/mol. The van der Waals surface area contributed by atoms with E-state index in [-0.39, 0.29) is 18.1 Å². The Bertz CT molecular complexity index is 785. The van der Waals surface area contributed by atoms with E-state index in [1.807, 2.05) is 30.3 Å². The lowest BCUT2D eigenvalue weighted by Gasteiger charge is -2.15. The molecule has 3 rings (SSSR count). The highest BCUT2D eigenvalue weighted by Gasteiger charge is 2.34. The summed E-state index contributed by atoms with van der Waals surface area (Å²) in [6.45, 7) is 0.621. The van der Waals surface area contributed by atoms with Crippen LogP contribution < -0.4 is 0 Å². The van der Waals surface area contributed by atoms with Crippen molar-refractivity contribution in [3.05, 3.63) is 36.0 Å². The van der Waals surface area contributed by atoms with Gasteiger partial charge in [0.25, 0.3) is 5.91 Å². The first-order valence-corrected chi connectivity index (χ1v) is 8.86. The Labute approximate surface area is 128 Å². The van der Waals surface area contributed by atoms with Crippen molar-refractivity contribution in [1.82, 2.24) is 20.3 Å². The maximum atomic E-state index is 12.6. The van der Waals surface area contributed by atoms with Gasteiger partial charge in [-0.25, -0.2) is 8.42 Å². The molecule has 2 aromatic rings. The molecule has 1 atom stereocenters. The molecule has 1 fully saturated rings. The molecule has 0 saturated carbocycles. The second kappa shape index (κ2) is 5.53. The fourth-order valence-corrected chi connectivity index (χ4v) is 3.57. The number of carbonyl (C=O) groups excluding carboxylic acids is 1. The average molecular weight is 320 g/mol. The van der Waals surface area contributed by atoms with Gasteiger partial charge in [0.2, 0.25) is 0 Å². The smallest absolute Gasteiger partial charge is 0.276 e. The van der Waals surface area contributed by atoms with E-state index in [1.165, 1.54) is 11.2 Å². The van der Waals surface area contributed by atoms with Crippen LogP contribution >= 0.6 is 0 Å². The first kappa shape index (κ1) is 14.7. The predicted molar refractivity (Wildman–Crippen MR) is 81.0 cm³/mol. The van der Waals surface area contributed by atoms with Crippen molar-refractivity contribution in [3.63, 3.8) is 0 Å². The molecule has 0 radical (unpaired) electrons. The molecule has 0 aliphatic carbocycles. The third kappa shape index (κ3) is 2.74. The second-order valence-corrected chi connectivity index (χ2v) is 7.70. The number of likely N-dealkylation sites (tertiary alicyclic amines) is 1. The summed E-state index contributed by atoms with van der Waals surface area (Å²) in [5, 5.41) is 9.97. The Morgan fingerprint density at radius 3 is 2.64 bits per heavy atom. The fraction of sp³-hybridized carbons (Fsp3) is 0.357. The Morgan fingerprint density at radius 1 is 1.27 bits per heavy atom. The van der Waals surface area contributed by atoms with Crippen LogP contribution in [0.3, 0.4) is 0 Å². The number of hydrogen-bond acceptors (Lipinski definition) is 5. The van der Waals surface area contributed by atoms with Crippen molar-refractivity contribution in [2.75, 3.05) is 19.3 Å². The summed E-state index contributed by atoms with van der Waals surface area (Å²) >= 11 is 0. The number of benzene rings is 1.